The monoisotopic (exact) mass is 172 g/mol. The Bertz CT molecular complexity index is 172. The standard InChI is InChI=1S/C8H16N2O2/c1-7(11)9-3-4-10-5-8(2,12)6-10/h12H,3-6H2,1-2H3,(H,9,11). The molecule has 70 valence electrons. The van der Waals surface area contributed by atoms with E-state index in [1.54, 1.807) is 0 Å². The van der Waals surface area contributed by atoms with Gasteiger partial charge in [0.1, 0.15) is 0 Å². The summed E-state index contributed by atoms with van der Waals surface area (Å²) >= 11 is 0. The van der Waals surface area contributed by atoms with E-state index in [1.165, 1.54) is 6.92 Å². The van der Waals surface area contributed by atoms with E-state index in [0.29, 0.717) is 19.6 Å². The lowest BCUT2D eigenvalue weighted by atomic mass is 9.97. The second-order valence-corrected chi connectivity index (χ2v) is 3.69. The van der Waals surface area contributed by atoms with Crippen LogP contribution in [0.2, 0.25) is 0 Å². The fourth-order valence-electron chi connectivity index (χ4n) is 1.47. The Kier molecular flexibility index (Phi) is 2.69. The van der Waals surface area contributed by atoms with Crippen molar-refractivity contribution in [3.8, 4) is 0 Å². The molecule has 1 fully saturated rings. The number of nitrogens with one attached hydrogen (secondary N) is 1. The van der Waals surface area contributed by atoms with E-state index in [0.717, 1.165) is 6.54 Å². The molecule has 0 saturated carbocycles. The van der Waals surface area contributed by atoms with Crippen molar-refractivity contribution in [3.05, 3.63) is 0 Å². The van der Waals surface area contributed by atoms with E-state index < -0.39 is 5.60 Å². The molecule has 0 aromatic rings. The molecule has 1 amide bonds. The zero-order valence-corrected chi connectivity index (χ0v) is 7.63. The molecule has 0 atom stereocenters. The van der Waals surface area contributed by atoms with Gasteiger partial charge in [0.15, 0.2) is 0 Å². The molecule has 0 spiro atoms. The van der Waals surface area contributed by atoms with Crippen molar-refractivity contribution in [3.63, 3.8) is 0 Å². The molecule has 0 bridgehead atoms. The molecule has 0 unspecified atom stereocenters. The molecule has 1 aliphatic rings. The second-order valence-electron chi connectivity index (χ2n) is 3.69. The summed E-state index contributed by atoms with van der Waals surface area (Å²) in [7, 11) is 0. The molecule has 1 heterocycles. The number of carbonyl (C=O) groups excluding carboxylic acids is 1. The lowest BCUT2D eigenvalue weighted by Crippen LogP contribution is -2.60. The molecular weight excluding hydrogens is 156 g/mol. The highest BCUT2D eigenvalue weighted by atomic mass is 16.3. The Morgan fingerprint density at radius 1 is 1.67 bits per heavy atom. The Labute approximate surface area is 72.6 Å². The summed E-state index contributed by atoms with van der Waals surface area (Å²) in [5.41, 5.74) is -0.504. The molecular formula is C8H16N2O2. The average molecular weight is 172 g/mol. The number of nitrogens with zero attached hydrogens (tertiary/aromatic N) is 1. The number of amides is 1. The van der Waals surface area contributed by atoms with E-state index >= 15 is 0 Å². The van der Waals surface area contributed by atoms with Crippen LogP contribution >= 0.6 is 0 Å². The Hall–Kier alpha value is -0.610. The van der Waals surface area contributed by atoms with Crippen molar-refractivity contribution in [2.45, 2.75) is 19.4 Å². The quantitative estimate of drug-likeness (QED) is 0.585. The number of rotatable bonds is 3. The van der Waals surface area contributed by atoms with Crippen molar-refractivity contribution < 1.29 is 9.90 Å². The van der Waals surface area contributed by atoms with Gasteiger partial charge in [0, 0.05) is 33.1 Å². The van der Waals surface area contributed by atoms with Crippen molar-refractivity contribution in [2.24, 2.45) is 0 Å². The van der Waals surface area contributed by atoms with Crippen LogP contribution in [-0.2, 0) is 4.79 Å². The first kappa shape index (κ1) is 9.48. The molecule has 0 aromatic heterocycles. The normalized spacial score (nSPS) is 21.6. The predicted molar refractivity (Wildman–Crippen MR) is 45.7 cm³/mol. The number of carbonyl (C=O) groups is 1. The molecule has 0 aliphatic carbocycles. The maximum Gasteiger partial charge on any atom is 0.216 e. The maximum absolute atomic E-state index is 10.5. The first-order valence-corrected chi connectivity index (χ1v) is 4.19. The Morgan fingerprint density at radius 3 is 2.67 bits per heavy atom. The van der Waals surface area contributed by atoms with Crippen LogP contribution in [0.15, 0.2) is 0 Å². The summed E-state index contributed by atoms with van der Waals surface area (Å²) in [5.74, 6) is 0.00211. The van der Waals surface area contributed by atoms with E-state index in [-0.39, 0.29) is 5.91 Å². The highest BCUT2D eigenvalue weighted by Crippen LogP contribution is 2.18. The fourth-order valence-corrected chi connectivity index (χ4v) is 1.47. The van der Waals surface area contributed by atoms with E-state index in [9.17, 15) is 9.90 Å². The van der Waals surface area contributed by atoms with Gasteiger partial charge < -0.3 is 10.4 Å². The van der Waals surface area contributed by atoms with Gasteiger partial charge >= 0.3 is 0 Å². The molecule has 1 rings (SSSR count). The van der Waals surface area contributed by atoms with E-state index in [1.807, 2.05) is 6.92 Å². The number of aliphatic hydroxyl groups is 1. The van der Waals surface area contributed by atoms with Crippen LogP contribution in [0.25, 0.3) is 0 Å². The van der Waals surface area contributed by atoms with Crippen LogP contribution in [-0.4, -0.2) is 47.7 Å². The van der Waals surface area contributed by atoms with E-state index in [2.05, 4.69) is 10.2 Å². The molecule has 0 aromatic carbocycles. The van der Waals surface area contributed by atoms with Crippen molar-refractivity contribution >= 4 is 5.91 Å². The summed E-state index contributed by atoms with van der Waals surface area (Å²) in [4.78, 5) is 12.6. The second kappa shape index (κ2) is 3.41. The van der Waals surface area contributed by atoms with Gasteiger partial charge in [0.25, 0.3) is 0 Å². The molecule has 2 N–H and O–H groups in total. The average Bonchev–Trinajstić information content (AvgIpc) is 1.82. The third kappa shape index (κ3) is 2.79. The lowest BCUT2D eigenvalue weighted by molar-refractivity contribution is -0.119. The van der Waals surface area contributed by atoms with Crippen LogP contribution < -0.4 is 5.32 Å². The topological polar surface area (TPSA) is 52.6 Å². The number of hydrogen-bond acceptors (Lipinski definition) is 3. The Balaban J connectivity index is 2.01. The summed E-state index contributed by atoms with van der Waals surface area (Å²) in [6, 6.07) is 0. The van der Waals surface area contributed by atoms with Crippen LogP contribution in [0.5, 0.6) is 0 Å². The first-order chi connectivity index (χ1) is 5.49. The van der Waals surface area contributed by atoms with Crippen LogP contribution in [0.3, 0.4) is 0 Å². The van der Waals surface area contributed by atoms with Gasteiger partial charge in [-0.15, -0.1) is 0 Å². The highest BCUT2D eigenvalue weighted by Gasteiger charge is 2.35. The van der Waals surface area contributed by atoms with Crippen LogP contribution in [0.1, 0.15) is 13.8 Å². The van der Waals surface area contributed by atoms with Gasteiger partial charge in [-0.25, -0.2) is 0 Å². The van der Waals surface area contributed by atoms with Gasteiger partial charge in [0.05, 0.1) is 5.60 Å². The van der Waals surface area contributed by atoms with Gasteiger partial charge in [-0.1, -0.05) is 0 Å². The summed E-state index contributed by atoms with van der Waals surface area (Å²) < 4.78 is 0. The third-order valence-corrected chi connectivity index (χ3v) is 1.93. The van der Waals surface area contributed by atoms with Crippen LogP contribution in [0, 0.1) is 0 Å². The SMILES string of the molecule is CC(=O)NCCN1CC(C)(O)C1. The first-order valence-electron chi connectivity index (χ1n) is 4.19. The summed E-state index contributed by atoms with van der Waals surface area (Å²) in [6.07, 6.45) is 0. The minimum atomic E-state index is -0.504. The largest absolute Gasteiger partial charge is 0.388 e. The zero-order valence-electron chi connectivity index (χ0n) is 7.63. The fraction of sp³-hybridized carbons (Fsp3) is 0.875. The molecule has 1 saturated heterocycles. The highest BCUT2D eigenvalue weighted by molar-refractivity contribution is 5.72. The summed E-state index contributed by atoms with van der Waals surface area (Å²) in [6.45, 7) is 6.26. The molecule has 4 heteroatoms. The summed E-state index contributed by atoms with van der Waals surface area (Å²) in [5, 5.41) is 12.1. The molecule has 4 nitrogen and oxygen atoms in total. The Morgan fingerprint density at radius 2 is 2.25 bits per heavy atom. The molecule has 0 radical (unpaired) electrons. The predicted octanol–water partition coefficient (Wildman–Crippen LogP) is -0.811. The minimum absolute atomic E-state index is 0.00211. The number of hydrogen-bond donors (Lipinski definition) is 2. The number of likely N-dealkylation sites (tertiary alicyclic amines) is 1. The van der Waals surface area contributed by atoms with Gasteiger partial charge in [-0.3, -0.25) is 9.69 Å². The zero-order chi connectivity index (χ0) is 9.19. The maximum atomic E-state index is 10.5. The van der Waals surface area contributed by atoms with Gasteiger partial charge in [0.2, 0.25) is 5.91 Å². The van der Waals surface area contributed by atoms with Crippen LogP contribution in [0.4, 0.5) is 0 Å². The minimum Gasteiger partial charge on any atom is -0.388 e. The van der Waals surface area contributed by atoms with E-state index in [4.69, 9.17) is 0 Å². The lowest BCUT2D eigenvalue weighted by Gasteiger charge is -2.44. The van der Waals surface area contributed by atoms with Crippen molar-refractivity contribution in [2.75, 3.05) is 26.2 Å². The smallest absolute Gasteiger partial charge is 0.216 e. The van der Waals surface area contributed by atoms with Gasteiger partial charge in [-0.2, -0.15) is 0 Å². The van der Waals surface area contributed by atoms with Crippen molar-refractivity contribution in [1.29, 1.82) is 0 Å². The number of β-amino-alcohol motifs (C(OH)–C–C–N with tert-alkyl or cyclic N) is 1. The third-order valence-electron chi connectivity index (χ3n) is 1.93. The van der Waals surface area contributed by atoms with Crippen molar-refractivity contribution in [1.82, 2.24) is 10.2 Å². The van der Waals surface area contributed by atoms with Gasteiger partial charge in [-0.05, 0) is 6.92 Å². The molecule has 12 heavy (non-hydrogen) atoms. The molecule has 1 aliphatic heterocycles.